The number of fused-ring (bicyclic) bond motifs is 4. The first-order valence-electron chi connectivity index (χ1n) is 11.6. The Morgan fingerprint density at radius 1 is 0.973 bits per heavy atom. The van der Waals surface area contributed by atoms with Crippen molar-refractivity contribution in [3.63, 3.8) is 0 Å². The molecule has 1 aromatic carbocycles. The van der Waals surface area contributed by atoms with Gasteiger partial charge in [0.25, 0.3) is 5.91 Å². The van der Waals surface area contributed by atoms with Crippen molar-refractivity contribution in [2.75, 3.05) is 11.9 Å². The SMILES string of the molecule is CN1C(=O)c2cc3ncc4c(N(C(=O)OC(C)(C)C)C(=O)OC(C)(C)C)nn(C)c4c3cc2C1C(=O)O. The molecular weight excluding hydrogens is 482 g/mol. The van der Waals surface area contributed by atoms with Gasteiger partial charge in [-0.1, -0.05) is 0 Å². The van der Waals surface area contributed by atoms with Crippen molar-refractivity contribution < 1.29 is 33.8 Å². The molecule has 1 atom stereocenters. The van der Waals surface area contributed by atoms with Crippen LogP contribution in [0.5, 0.6) is 0 Å². The van der Waals surface area contributed by atoms with Crippen LogP contribution in [0.25, 0.3) is 21.8 Å². The van der Waals surface area contributed by atoms with Crippen molar-refractivity contribution in [1.29, 1.82) is 0 Å². The van der Waals surface area contributed by atoms with Crippen LogP contribution in [0.2, 0.25) is 0 Å². The van der Waals surface area contributed by atoms with Crippen molar-refractivity contribution in [3.8, 4) is 0 Å². The van der Waals surface area contributed by atoms with Crippen LogP contribution >= 0.6 is 0 Å². The lowest BCUT2D eigenvalue weighted by Crippen LogP contribution is -2.44. The fourth-order valence-corrected chi connectivity index (χ4v) is 4.25. The van der Waals surface area contributed by atoms with Gasteiger partial charge in [0.15, 0.2) is 11.9 Å². The van der Waals surface area contributed by atoms with Crippen molar-refractivity contribution in [2.45, 2.75) is 58.8 Å². The molecule has 1 N–H and O–H groups in total. The van der Waals surface area contributed by atoms with Gasteiger partial charge in [0.2, 0.25) is 0 Å². The largest absolute Gasteiger partial charge is 0.479 e. The summed E-state index contributed by atoms with van der Waals surface area (Å²) >= 11 is 0. The maximum absolute atomic E-state index is 13.2. The molecule has 0 fully saturated rings. The summed E-state index contributed by atoms with van der Waals surface area (Å²) in [6.07, 6.45) is -0.519. The molecule has 3 heterocycles. The lowest BCUT2D eigenvalue weighted by atomic mass is 10.0. The highest BCUT2D eigenvalue weighted by atomic mass is 16.6. The Hall–Kier alpha value is -4.22. The normalized spacial score (nSPS) is 15.7. The predicted molar refractivity (Wildman–Crippen MR) is 133 cm³/mol. The lowest BCUT2D eigenvalue weighted by molar-refractivity contribution is -0.141. The van der Waals surface area contributed by atoms with E-state index in [0.29, 0.717) is 27.4 Å². The summed E-state index contributed by atoms with van der Waals surface area (Å²) in [4.78, 5) is 57.2. The van der Waals surface area contributed by atoms with Crippen LogP contribution in [0, 0.1) is 0 Å². The van der Waals surface area contributed by atoms with Gasteiger partial charge >= 0.3 is 18.2 Å². The summed E-state index contributed by atoms with van der Waals surface area (Å²) in [7, 11) is 3.04. The van der Waals surface area contributed by atoms with Gasteiger partial charge in [0, 0.05) is 31.2 Å². The van der Waals surface area contributed by atoms with Crippen molar-refractivity contribution in [1.82, 2.24) is 19.7 Å². The summed E-state index contributed by atoms with van der Waals surface area (Å²) in [5.74, 6) is -1.64. The maximum Gasteiger partial charge on any atom is 0.425 e. The Balaban J connectivity index is 1.95. The molecule has 37 heavy (non-hydrogen) atoms. The fraction of sp³-hybridized carbons (Fsp3) is 0.440. The van der Waals surface area contributed by atoms with Gasteiger partial charge < -0.3 is 19.5 Å². The first kappa shape index (κ1) is 25.9. The number of aryl methyl sites for hydroxylation is 1. The summed E-state index contributed by atoms with van der Waals surface area (Å²) in [6.45, 7) is 10.0. The van der Waals surface area contributed by atoms with Gasteiger partial charge in [-0.2, -0.15) is 10.00 Å². The maximum atomic E-state index is 13.2. The number of likely N-dealkylation sites (N-methyl/N-ethyl adjacent to an activating group) is 1. The number of hydrogen-bond acceptors (Lipinski definition) is 8. The molecule has 0 aliphatic carbocycles. The third-order valence-corrected chi connectivity index (χ3v) is 5.65. The molecule has 0 saturated carbocycles. The first-order chi connectivity index (χ1) is 17.0. The Morgan fingerprint density at radius 3 is 2.05 bits per heavy atom. The van der Waals surface area contributed by atoms with Crippen LogP contribution in [0.4, 0.5) is 15.4 Å². The number of hydrogen-bond donors (Lipinski definition) is 1. The quantitative estimate of drug-likeness (QED) is 0.539. The minimum atomic E-state index is -1.17. The monoisotopic (exact) mass is 511 g/mol. The third kappa shape index (κ3) is 4.54. The average molecular weight is 512 g/mol. The molecule has 3 aromatic rings. The van der Waals surface area contributed by atoms with Gasteiger partial charge in [-0.15, -0.1) is 0 Å². The molecule has 0 saturated heterocycles. The van der Waals surface area contributed by atoms with Crippen LogP contribution < -0.4 is 4.90 Å². The number of nitrogens with zero attached hydrogens (tertiary/aromatic N) is 5. The molecule has 1 unspecified atom stereocenters. The van der Waals surface area contributed by atoms with E-state index in [4.69, 9.17) is 9.47 Å². The van der Waals surface area contributed by atoms with E-state index >= 15 is 0 Å². The van der Waals surface area contributed by atoms with Gasteiger partial charge in [0.1, 0.15) is 11.2 Å². The number of carbonyl (C=O) groups is 4. The Kier molecular flexibility index (Phi) is 5.89. The van der Waals surface area contributed by atoms with Crippen molar-refractivity contribution >= 4 is 51.7 Å². The minimum absolute atomic E-state index is 0.0566. The standard InChI is InChI=1S/C25H29N5O7/c1-24(2,3)36-22(34)30(23(35)37-25(4,5)6)19-15-11-26-16-10-13-12(9-14(16)17(15)29(8)27-19)18(21(32)33)28(7)20(13)31/h9-11,18H,1-8H3,(H,32,33). The average Bonchev–Trinajstić information content (AvgIpc) is 3.18. The van der Waals surface area contributed by atoms with E-state index in [1.165, 1.54) is 24.0 Å². The number of aliphatic carboxylic acids is 1. The van der Waals surface area contributed by atoms with E-state index in [0.717, 1.165) is 9.80 Å². The molecule has 196 valence electrons. The number of imide groups is 1. The Morgan fingerprint density at radius 2 is 1.54 bits per heavy atom. The summed E-state index contributed by atoms with van der Waals surface area (Å²) in [6, 6.07) is 1.98. The zero-order valence-corrected chi connectivity index (χ0v) is 21.9. The van der Waals surface area contributed by atoms with Crippen LogP contribution in [0.1, 0.15) is 63.5 Å². The molecule has 0 radical (unpaired) electrons. The lowest BCUT2D eigenvalue weighted by Gasteiger charge is -2.27. The number of aromatic nitrogens is 3. The molecule has 12 nitrogen and oxygen atoms in total. The number of carboxylic acids is 1. The van der Waals surface area contributed by atoms with Crippen LogP contribution in [0.15, 0.2) is 18.3 Å². The highest BCUT2D eigenvalue weighted by Crippen LogP contribution is 2.38. The Labute approximate surface area is 212 Å². The zero-order chi connectivity index (χ0) is 27.6. The van der Waals surface area contributed by atoms with E-state index in [1.807, 2.05) is 0 Å². The number of rotatable bonds is 2. The first-order valence-corrected chi connectivity index (χ1v) is 11.6. The second-order valence-electron chi connectivity index (χ2n) is 10.9. The van der Waals surface area contributed by atoms with Crippen LogP contribution in [-0.2, 0) is 21.3 Å². The highest BCUT2D eigenvalue weighted by Gasteiger charge is 2.40. The molecule has 1 aliphatic heterocycles. The van der Waals surface area contributed by atoms with Crippen molar-refractivity contribution in [2.24, 2.45) is 7.05 Å². The fourth-order valence-electron chi connectivity index (χ4n) is 4.25. The van der Waals surface area contributed by atoms with Gasteiger partial charge in [-0.3, -0.25) is 14.5 Å². The van der Waals surface area contributed by atoms with E-state index in [1.54, 1.807) is 54.7 Å². The molecule has 0 spiro atoms. The number of carbonyl (C=O) groups excluding carboxylic acids is 3. The molecular formula is C25H29N5O7. The summed E-state index contributed by atoms with van der Waals surface area (Å²) < 4.78 is 12.4. The Bertz CT molecular complexity index is 1450. The number of benzene rings is 1. The van der Waals surface area contributed by atoms with E-state index in [2.05, 4.69) is 10.1 Å². The van der Waals surface area contributed by atoms with Crippen LogP contribution in [0.3, 0.4) is 0 Å². The molecule has 12 heteroatoms. The zero-order valence-electron chi connectivity index (χ0n) is 21.9. The number of ether oxygens (including phenoxy) is 2. The van der Waals surface area contributed by atoms with E-state index in [-0.39, 0.29) is 11.4 Å². The second kappa shape index (κ2) is 8.43. The number of anilines is 1. The molecule has 1 aliphatic rings. The highest BCUT2D eigenvalue weighted by molar-refractivity contribution is 6.17. The number of carboxylic acid groups (broad SMARTS) is 1. The molecule has 0 bridgehead atoms. The van der Waals surface area contributed by atoms with E-state index in [9.17, 15) is 24.3 Å². The molecule has 4 rings (SSSR count). The van der Waals surface area contributed by atoms with E-state index < -0.39 is 41.3 Å². The van der Waals surface area contributed by atoms with Crippen LogP contribution in [-0.4, -0.2) is 67.1 Å². The smallest absolute Gasteiger partial charge is 0.425 e. The number of pyridine rings is 1. The van der Waals surface area contributed by atoms with Crippen molar-refractivity contribution in [3.05, 3.63) is 29.5 Å². The minimum Gasteiger partial charge on any atom is -0.479 e. The topological polar surface area (TPSA) is 144 Å². The second-order valence-corrected chi connectivity index (χ2v) is 10.9. The molecule has 2 aromatic heterocycles. The molecule has 3 amide bonds. The summed E-state index contributed by atoms with van der Waals surface area (Å²) in [5, 5.41) is 15.0. The summed E-state index contributed by atoms with van der Waals surface area (Å²) in [5.41, 5.74) is -0.336. The predicted octanol–water partition coefficient (Wildman–Crippen LogP) is 4.01. The number of amides is 3. The van der Waals surface area contributed by atoms with Gasteiger partial charge in [-0.25, -0.2) is 14.4 Å². The van der Waals surface area contributed by atoms with Gasteiger partial charge in [-0.05, 0) is 59.2 Å². The third-order valence-electron chi connectivity index (χ3n) is 5.65. The van der Waals surface area contributed by atoms with Gasteiger partial charge in [0.05, 0.1) is 16.4 Å².